The monoisotopic (exact) mass is 1380 g/mol. The molecule has 0 amide bonds. The molecule has 512 valence electrons. The minimum absolute atomic E-state index is 0.106. The number of fused-ring (bicyclic) bond motifs is 4. The van der Waals surface area contributed by atoms with Gasteiger partial charge in [-0.05, 0) is 158 Å². The zero-order valence-corrected chi connectivity index (χ0v) is 54.4. The van der Waals surface area contributed by atoms with Crippen molar-refractivity contribution in [2.75, 3.05) is 52.6 Å². The molecular formula is C72H66ClF3N14O10. The molecule has 0 spiro atoms. The zero-order chi connectivity index (χ0) is 69.6. The number of halogens is 4. The molecule has 4 aliphatic heterocycles. The first-order valence-corrected chi connectivity index (χ1v) is 32.8. The van der Waals surface area contributed by atoms with Crippen LogP contribution >= 0.6 is 11.6 Å². The second-order valence-corrected chi connectivity index (χ2v) is 25.0. The molecule has 0 bridgehead atoms. The van der Waals surface area contributed by atoms with Crippen molar-refractivity contribution in [2.24, 2.45) is 0 Å². The first-order valence-electron chi connectivity index (χ1n) is 32.4. The van der Waals surface area contributed by atoms with Gasteiger partial charge in [0.2, 0.25) is 0 Å². The van der Waals surface area contributed by atoms with E-state index in [1.54, 1.807) is 24.4 Å². The van der Waals surface area contributed by atoms with Gasteiger partial charge in [-0.15, -0.1) is 0 Å². The number of carboxylic acids is 4. The summed E-state index contributed by atoms with van der Waals surface area (Å²) in [5.41, 5.74) is 9.41. The number of aromatic carboxylic acids is 4. The molecule has 12 aromatic rings. The summed E-state index contributed by atoms with van der Waals surface area (Å²) in [6.45, 7) is 6.09. The van der Waals surface area contributed by atoms with Crippen LogP contribution in [0.2, 0.25) is 5.02 Å². The van der Waals surface area contributed by atoms with E-state index in [1.807, 2.05) is 36.9 Å². The molecule has 28 heteroatoms. The Morgan fingerprint density at radius 3 is 1.00 bits per heavy atom. The molecular weight excluding hydrogens is 1310 g/mol. The van der Waals surface area contributed by atoms with Gasteiger partial charge in [0.05, 0.1) is 104 Å². The third-order valence-electron chi connectivity index (χ3n) is 18.2. The van der Waals surface area contributed by atoms with Gasteiger partial charge < -0.3 is 40.5 Å². The summed E-state index contributed by atoms with van der Waals surface area (Å²) in [4.78, 5) is 61.8. The molecule has 0 aliphatic carbocycles. The molecule has 24 nitrogen and oxygen atoms in total. The smallest absolute Gasteiger partial charge is 0.336 e. The van der Waals surface area contributed by atoms with Crippen LogP contribution in [0, 0.1) is 17.5 Å². The normalized spacial score (nSPS) is 17.2. The van der Waals surface area contributed by atoms with Crippen LogP contribution in [-0.4, -0.2) is 156 Å². The molecule has 0 unspecified atom stereocenters. The largest absolute Gasteiger partial charge is 0.478 e. The van der Waals surface area contributed by atoms with Crippen LogP contribution in [0.3, 0.4) is 0 Å². The molecule has 8 aromatic heterocycles. The van der Waals surface area contributed by atoms with Gasteiger partial charge in [0.25, 0.3) is 0 Å². The summed E-state index contributed by atoms with van der Waals surface area (Å²) in [7, 11) is 0. The van der Waals surface area contributed by atoms with Crippen molar-refractivity contribution in [3.63, 3.8) is 0 Å². The van der Waals surface area contributed by atoms with Crippen LogP contribution in [0.1, 0.15) is 136 Å². The van der Waals surface area contributed by atoms with Gasteiger partial charge in [0, 0.05) is 128 Å². The molecule has 4 fully saturated rings. The predicted octanol–water partition coefficient (Wildman–Crippen LogP) is 10.9. The number of rotatable bonds is 16. The lowest BCUT2D eigenvalue weighted by Gasteiger charge is -2.10. The van der Waals surface area contributed by atoms with Gasteiger partial charge in [-0.25, -0.2) is 32.3 Å². The number of nitrogens with one attached hydrogen (secondary N) is 2. The number of carboxylic acid groups (broad SMARTS) is 4. The fraction of sp³-hybridized carbons (Fsp3) is 0.278. The van der Waals surface area contributed by atoms with Crippen LogP contribution in [0.25, 0.3) is 43.6 Å². The maximum absolute atomic E-state index is 13.8. The number of carbonyl (C=O) groups is 4. The van der Waals surface area contributed by atoms with Crippen molar-refractivity contribution in [2.45, 2.75) is 75.5 Å². The topological polar surface area (TPSA) is 315 Å². The number of hydrogen-bond acceptors (Lipinski definition) is 16. The molecule has 6 N–H and O–H groups in total. The summed E-state index contributed by atoms with van der Waals surface area (Å²) >= 11 is 6.18. The van der Waals surface area contributed by atoms with E-state index in [2.05, 4.69) is 35.7 Å². The third kappa shape index (κ3) is 14.8. The lowest BCUT2D eigenvalue weighted by atomic mass is 10.0. The highest BCUT2D eigenvalue weighted by atomic mass is 35.5. The number of aromatic nitrogens is 12. The number of pyridine rings is 4. The Bertz CT molecular complexity index is 4420. The van der Waals surface area contributed by atoms with Crippen molar-refractivity contribution in [1.29, 1.82) is 0 Å². The lowest BCUT2D eigenvalue weighted by molar-refractivity contribution is 0.0684. The zero-order valence-electron chi connectivity index (χ0n) is 53.6. The summed E-state index contributed by atoms with van der Waals surface area (Å²) in [5, 5.41) is 66.6. The molecule has 100 heavy (non-hydrogen) atoms. The van der Waals surface area contributed by atoms with E-state index in [0.29, 0.717) is 99.6 Å². The molecule has 12 heterocycles. The molecule has 4 atom stereocenters. The Balaban J connectivity index is 0.000000119. The van der Waals surface area contributed by atoms with E-state index in [0.717, 1.165) is 91.6 Å². The Hall–Kier alpha value is -10.8. The van der Waals surface area contributed by atoms with Crippen LogP contribution in [-0.2, 0) is 35.2 Å². The van der Waals surface area contributed by atoms with E-state index >= 15 is 0 Å². The van der Waals surface area contributed by atoms with Crippen molar-refractivity contribution in [3.05, 3.63) is 236 Å². The summed E-state index contributed by atoms with van der Waals surface area (Å²) < 4.78 is 60.0. The highest BCUT2D eigenvalue weighted by Crippen LogP contribution is 2.34. The number of hydrogen-bond donors (Lipinski definition) is 6. The quantitative estimate of drug-likeness (QED) is 0.0523. The molecule has 4 aliphatic rings. The van der Waals surface area contributed by atoms with E-state index in [9.17, 15) is 52.8 Å². The Morgan fingerprint density at radius 1 is 0.420 bits per heavy atom. The average molecular weight is 1380 g/mol. The van der Waals surface area contributed by atoms with E-state index in [-0.39, 0.29) is 70.3 Å². The first kappa shape index (κ1) is 67.7. The van der Waals surface area contributed by atoms with Crippen LogP contribution in [0.5, 0.6) is 0 Å². The summed E-state index contributed by atoms with van der Waals surface area (Å²) in [5.74, 6) is -5.01. The lowest BCUT2D eigenvalue weighted by Crippen LogP contribution is -2.14. The summed E-state index contributed by atoms with van der Waals surface area (Å²) in [6.07, 6.45) is 16.9. The molecule has 0 radical (unpaired) electrons. The van der Waals surface area contributed by atoms with Crippen LogP contribution in [0.4, 0.5) is 13.2 Å². The summed E-state index contributed by atoms with van der Waals surface area (Å²) in [6, 6.07) is 26.1. The second-order valence-electron chi connectivity index (χ2n) is 24.6. The van der Waals surface area contributed by atoms with Crippen molar-refractivity contribution in [1.82, 2.24) is 69.7 Å². The average Bonchev–Trinajstić information content (AvgIpc) is 1.65. The standard InChI is InChI=1S/C18H16ClN3O3.2C18H17FN4O2.C18H16FN3O3/c19-12-1-2-17-15(8-12)16(21-22(17)13-4-6-25-10-13)7-11-9-20-5-3-14(11)18(23)24;2*19-12-1-2-17-15(8-12)16(22-23(17)13-3-5-21-10-13)7-11-9-20-6-4-14(11)18(24)25;19-12-1-2-17-15(8-12)16(21-22(17)13-4-6-25-10-13)7-11-9-20-5-3-14(11)18(23)24/h1-3,5,8-9,13H,4,6-7,10H2,(H,23,24);2*1-2,4,6,8-9,13,21H,3,5,7,10H2,(H,24,25);1-3,5,8-9,13H,4,6-7,10H2,(H,23,24)/t4*13-/m0100/s1. The molecule has 0 saturated carbocycles. The number of ether oxygens (including phenoxy) is 2. The Morgan fingerprint density at radius 2 is 0.720 bits per heavy atom. The predicted molar refractivity (Wildman–Crippen MR) is 362 cm³/mol. The number of benzene rings is 4. The van der Waals surface area contributed by atoms with E-state index in [4.69, 9.17) is 36.4 Å². The Labute approximate surface area is 573 Å². The highest BCUT2D eigenvalue weighted by Gasteiger charge is 2.28. The van der Waals surface area contributed by atoms with Crippen molar-refractivity contribution in [3.8, 4) is 0 Å². The molecule has 4 aromatic carbocycles. The maximum Gasteiger partial charge on any atom is 0.336 e. The van der Waals surface area contributed by atoms with Gasteiger partial charge in [-0.2, -0.15) is 20.4 Å². The van der Waals surface area contributed by atoms with Crippen LogP contribution < -0.4 is 10.6 Å². The van der Waals surface area contributed by atoms with Gasteiger partial charge in [-0.3, -0.25) is 38.7 Å². The SMILES string of the molecule is O=C(O)c1ccncc1Cc1nn([C@@H]2CCNC2)c2ccc(F)cc12.O=C(O)c1ccncc1Cc1nn([C@H]2CCNC2)c2ccc(F)cc12.O=C(O)c1ccncc1Cc1nn([C@H]2CCOC2)c2ccc(Cl)cc12.O=C(O)c1ccncc1Cc1nn([C@H]2CCOC2)c2ccc(F)cc12. The maximum atomic E-state index is 13.8. The van der Waals surface area contributed by atoms with Gasteiger partial charge >= 0.3 is 23.9 Å². The van der Waals surface area contributed by atoms with Crippen molar-refractivity contribution >= 4 is 79.1 Å². The highest BCUT2D eigenvalue weighted by molar-refractivity contribution is 6.31. The fourth-order valence-electron chi connectivity index (χ4n) is 13.3. The fourth-order valence-corrected chi connectivity index (χ4v) is 13.5. The first-order chi connectivity index (χ1) is 48.5. The minimum Gasteiger partial charge on any atom is -0.478 e. The number of nitrogens with zero attached hydrogens (tertiary/aromatic N) is 12. The molecule has 16 rings (SSSR count). The van der Waals surface area contributed by atoms with E-state index in [1.165, 1.54) is 104 Å². The van der Waals surface area contributed by atoms with Gasteiger partial charge in [0.1, 0.15) is 17.5 Å². The van der Waals surface area contributed by atoms with Crippen molar-refractivity contribution < 1.29 is 62.2 Å². The minimum atomic E-state index is -1.02. The van der Waals surface area contributed by atoms with Gasteiger partial charge in [-0.1, -0.05) is 11.6 Å². The molecule has 4 saturated heterocycles. The van der Waals surface area contributed by atoms with Gasteiger partial charge in [0.15, 0.2) is 0 Å². The Kier molecular flexibility index (Phi) is 20.4. The second kappa shape index (κ2) is 30.1. The van der Waals surface area contributed by atoms with E-state index < -0.39 is 23.9 Å². The third-order valence-corrected chi connectivity index (χ3v) is 18.4. The van der Waals surface area contributed by atoms with Crippen LogP contribution in [0.15, 0.2) is 147 Å².